The van der Waals surface area contributed by atoms with E-state index in [1.807, 2.05) is 21.0 Å². The summed E-state index contributed by atoms with van der Waals surface area (Å²) in [6.07, 6.45) is 0.834. The van der Waals surface area contributed by atoms with Crippen LogP contribution in [0.15, 0.2) is 30.3 Å². The third-order valence-electron chi connectivity index (χ3n) is 4.39. The fourth-order valence-corrected chi connectivity index (χ4v) is 4.83. The zero-order chi connectivity index (χ0) is 20.4. The van der Waals surface area contributed by atoms with Crippen LogP contribution in [0.2, 0.25) is 10.0 Å². The zero-order valence-electron chi connectivity index (χ0n) is 16.8. The summed E-state index contributed by atoms with van der Waals surface area (Å²) in [6, 6.07) is 9.15. The highest BCUT2D eigenvalue weighted by Gasteiger charge is 2.22. The number of anilines is 1. The summed E-state index contributed by atoms with van der Waals surface area (Å²) in [7, 11) is 4.04. The van der Waals surface area contributed by atoms with E-state index in [2.05, 4.69) is 24.0 Å². The maximum atomic E-state index is 13.3. The Hall–Kier alpha value is -1.37. The number of hydrogen-bond donors (Lipinski definition) is 0. The zero-order valence-corrected chi connectivity index (χ0v) is 20.0. The Morgan fingerprint density at radius 2 is 1.69 bits per heavy atom. The Balaban J connectivity index is 0.00000300. The maximum Gasteiger partial charge on any atom is 0.260 e. The number of thiazole rings is 1. The van der Waals surface area contributed by atoms with Crippen LogP contribution in [0.5, 0.6) is 0 Å². The lowest BCUT2D eigenvalue weighted by atomic mass is 10.1. The molecule has 3 aromatic rings. The number of fused-ring (bicyclic) bond motifs is 1. The van der Waals surface area contributed by atoms with Crippen molar-refractivity contribution in [3.63, 3.8) is 0 Å². The Labute approximate surface area is 191 Å². The molecule has 0 fully saturated rings. The minimum Gasteiger partial charge on any atom is -0.309 e. The molecule has 0 saturated heterocycles. The van der Waals surface area contributed by atoms with Gasteiger partial charge >= 0.3 is 0 Å². The molecule has 1 heterocycles. The third kappa shape index (κ3) is 5.83. The summed E-state index contributed by atoms with van der Waals surface area (Å²) in [6.45, 7) is 5.57. The molecule has 0 atom stereocenters. The molecular formula is C21H24Cl3N3OS. The first-order valence-corrected chi connectivity index (χ1v) is 10.6. The lowest BCUT2D eigenvalue weighted by Crippen LogP contribution is -2.33. The molecule has 4 nitrogen and oxygen atoms in total. The molecule has 0 N–H and O–H groups in total. The first kappa shape index (κ1) is 23.9. The van der Waals surface area contributed by atoms with E-state index in [4.69, 9.17) is 28.2 Å². The number of amides is 1. The molecule has 0 aliphatic rings. The minimum atomic E-state index is -0.142. The Morgan fingerprint density at radius 1 is 1.03 bits per heavy atom. The van der Waals surface area contributed by atoms with Gasteiger partial charge in [-0.15, -0.1) is 12.4 Å². The summed E-state index contributed by atoms with van der Waals surface area (Å²) < 4.78 is 1.09. The molecule has 0 bridgehead atoms. The number of halogens is 3. The first-order valence-electron chi connectivity index (χ1n) is 9.05. The second-order valence-corrected chi connectivity index (χ2v) is 9.08. The number of hydrogen-bond acceptors (Lipinski definition) is 4. The number of carbonyl (C=O) groups excluding carboxylic acids is 1. The highest BCUT2D eigenvalue weighted by atomic mass is 35.5. The van der Waals surface area contributed by atoms with Gasteiger partial charge in [-0.1, -0.05) is 40.6 Å². The summed E-state index contributed by atoms with van der Waals surface area (Å²) >= 11 is 13.8. The van der Waals surface area contributed by atoms with Crippen LogP contribution in [0.1, 0.15) is 27.9 Å². The Kier molecular flexibility index (Phi) is 8.32. The van der Waals surface area contributed by atoms with E-state index in [9.17, 15) is 4.79 Å². The van der Waals surface area contributed by atoms with E-state index >= 15 is 0 Å². The molecule has 2 aromatic carbocycles. The van der Waals surface area contributed by atoms with Crippen LogP contribution < -0.4 is 4.90 Å². The van der Waals surface area contributed by atoms with Crippen molar-refractivity contribution >= 4 is 68.2 Å². The molecule has 0 spiro atoms. The molecule has 1 amide bonds. The van der Waals surface area contributed by atoms with Gasteiger partial charge in [0.05, 0.1) is 10.2 Å². The SMILES string of the molecule is Cc1cc(C)c2nc(N(CCCN(C)C)C(=O)c3cc(Cl)cc(Cl)c3)sc2c1.Cl. The van der Waals surface area contributed by atoms with Gasteiger partial charge in [-0.05, 0) is 76.3 Å². The maximum absolute atomic E-state index is 13.3. The fraction of sp³-hybridized carbons (Fsp3) is 0.333. The predicted octanol–water partition coefficient (Wildman–Crippen LogP) is 6.24. The normalized spacial score (nSPS) is 11.0. The van der Waals surface area contributed by atoms with Crippen LogP contribution in [0.3, 0.4) is 0 Å². The van der Waals surface area contributed by atoms with Gasteiger partial charge in [0.15, 0.2) is 5.13 Å². The molecule has 0 unspecified atom stereocenters. The Bertz CT molecular complexity index is 1000. The standard InChI is InChI=1S/C21H23Cl2N3OS.ClH/c1-13-8-14(2)19-18(9-13)28-21(24-19)26(7-5-6-25(3)4)20(27)15-10-16(22)12-17(23)11-15;/h8-12H,5-7H2,1-4H3;1H. The number of aryl methyl sites for hydroxylation is 2. The molecule has 29 heavy (non-hydrogen) atoms. The van der Waals surface area contributed by atoms with Crippen molar-refractivity contribution in [1.29, 1.82) is 0 Å². The second kappa shape index (κ2) is 10.1. The van der Waals surface area contributed by atoms with Crippen molar-refractivity contribution < 1.29 is 4.79 Å². The van der Waals surface area contributed by atoms with Crippen LogP contribution >= 0.6 is 46.9 Å². The summed E-state index contributed by atoms with van der Waals surface area (Å²) in [5.41, 5.74) is 3.71. The number of aromatic nitrogens is 1. The molecule has 0 saturated carbocycles. The van der Waals surface area contributed by atoms with Crippen LogP contribution in [0.25, 0.3) is 10.2 Å². The summed E-state index contributed by atoms with van der Waals surface area (Å²) in [5.74, 6) is -0.142. The Morgan fingerprint density at radius 3 is 2.31 bits per heavy atom. The van der Waals surface area contributed by atoms with E-state index < -0.39 is 0 Å². The van der Waals surface area contributed by atoms with Crippen LogP contribution in [0.4, 0.5) is 5.13 Å². The van der Waals surface area contributed by atoms with Crippen molar-refractivity contribution in [3.05, 3.63) is 57.1 Å². The van der Waals surface area contributed by atoms with Crippen molar-refractivity contribution in [2.45, 2.75) is 20.3 Å². The second-order valence-electron chi connectivity index (χ2n) is 7.20. The lowest BCUT2D eigenvalue weighted by Gasteiger charge is -2.21. The molecule has 3 rings (SSSR count). The van der Waals surface area contributed by atoms with Crippen molar-refractivity contribution in [2.75, 3.05) is 32.1 Å². The smallest absolute Gasteiger partial charge is 0.260 e. The molecule has 0 aliphatic carbocycles. The number of rotatable bonds is 6. The monoisotopic (exact) mass is 471 g/mol. The van der Waals surface area contributed by atoms with Gasteiger partial charge in [-0.2, -0.15) is 0 Å². The summed E-state index contributed by atoms with van der Waals surface area (Å²) in [5, 5.41) is 1.59. The van der Waals surface area contributed by atoms with E-state index in [1.165, 1.54) is 16.9 Å². The average Bonchev–Trinajstić information content (AvgIpc) is 3.01. The van der Waals surface area contributed by atoms with E-state index in [0.717, 1.165) is 28.7 Å². The van der Waals surface area contributed by atoms with E-state index in [0.29, 0.717) is 27.3 Å². The predicted molar refractivity (Wildman–Crippen MR) is 128 cm³/mol. The first-order chi connectivity index (χ1) is 13.2. The number of nitrogens with zero attached hydrogens (tertiary/aromatic N) is 3. The molecule has 0 radical (unpaired) electrons. The van der Waals surface area contributed by atoms with Crippen molar-refractivity contribution in [3.8, 4) is 0 Å². The van der Waals surface area contributed by atoms with Gasteiger partial charge in [-0.25, -0.2) is 4.98 Å². The minimum absolute atomic E-state index is 0. The topological polar surface area (TPSA) is 36.4 Å². The lowest BCUT2D eigenvalue weighted by molar-refractivity contribution is 0.0986. The van der Waals surface area contributed by atoms with Crippen LogP contribution in [-0.2, 0) is 0 Å². The molecular weight excluding hydrogens is 449 g/mol. The molecule has 156 valence electrons. The summed E-state index contributed by atoms with van der Waals surface area (Å²) in [4.78, 5) is 21.9. The van der Waals surface area contributed by atoms with Crippen LogP contribution in [0, 0.1) is 13.8 Å². The van der Waals surface area contributed by atoms with Gasteiger partial charge in [0.1, 0.15) is 0 Å². The molecule has 0 aliphatic heterocycles. The quantitative estimate of drug-likeness (QED) is 0.426. The fourth-order valence-electron chi connectivity index (χ4n) is 3.14. The van der Waals surface area contributed by atoms with E-state index in [1.54, 1.807) is 23.1 Å². The highest BCUT2D eigenvalue weighted by molar-refractivity contribution is 7.22. The number of carbonyl (C=O) groups is 1. The van der Waals surface area contributed by atoms with Crippen LogP contribution in [-0.4, -0.2) is 43.0 Å². The highest BCUT2D eigenvalue weighted by Crippen LogP contribution is 2.33. The largest absolute Gasteiger partial charge is 0.309 e. The number of benzene rings is 2. The molecule has 1 aromatic heterocycles. The van der Waals surface area contributed by atoms with E-state index in [-0.39, 0.29) is 18.3 Å². The van der Waals surface area contributed by atoms with Gasteiger partial charge in [0.2, 0.25) is 0 Å². The van der Waals surface area contributed by atoms with Gasteiger partial charge in [0.25, 0.3) is 5.91 Å². The van der Waals surface area contributed by atoms with Crippen molar-refractivity contribution in [2.24, 2.45) is 0 Å². The van der Waals surface area contributed by atoms with Gasteiger partial charge in [0, 0.05) is 22.2 Å². The van der Waals surface area contributed by atoms with Gasteiger partial charge < -0.3 is 4.90 Å². The average molecular weight is 473 g/mol. The molecule has 8 heteroatoms. The third-order valence-corrected chi connectivity index (χ3v) is 5.85. The van der Waals surface area contributed by atoms with Gasteiger partial charge in [-0.3, -0.25) is 9.69 Å². The van der Waals surface area contributed by atoms with Crippen molar-refractivity contribution in [1.82, 2.24) is 9.88 Å².